The number of rotatable bonds is 4. The van der Waals surface area contributed by atoms with Crippen molar-refractivity contribution in [1.82, 2.24) is 0 Å². The summed E-state index contributed by atoms with van der Waals surface area (Å²) < 4.78 is 5.36. The van der Waals surface area contributed by atoms with Gasteiger partial charge in [0.25, 0.3) is 0 Å². The van der Waals surface area contributed by atoms with Gasteiger partial charge in [-0.2, -0.15) is 0 Å². The highest BCUT2D eigenvalue weighted by Gasteiger charge is 2.12. The minimum Gasteiger partial charge on any atom is -0.494 e. The molecule has 0 saturated heterocycles. The fourth-order valence-electron chi connectivity index (χ4n) is 1.79. The van der Waals surface area contributed by atoms with E-state index in [4.69, 9.17) is 27.9 Å². The van der Waals surface area contributed by atoms with E-state index in [2.05, 4.69) is 0 Å². The Morgan fingerprint density at radius 3 is 2.21 bits per heavy atom. The lowest BCUT2D eigenvalue weighted by Crippen LogP contribution is -2.00. The molecule has 0 spiro atoms. The van der Waals surface area contributed by atoms with E-state index in [0.717, 1.165) is 11.3 Å². The Morgan fingerprint density at radius 2 is 1.63 bits per heavy atom. The Kier molecular flexibility index (Phi) is 4.70. The Morgan fingerprint density at radius 1 is 1.00 bits per heavy atom. The van der Waals surface area contributed by atoms with Crippen LogP contribution in [0.25, 0.3) is 0 Å². The number of hydrogen-bond acceptors (Lipinski definition) is 2. The Hall–Kier alpha value is -1.22. The lowest BCUT2D eigenvalue weighted by molar-refractivity contribution is 0.220. The fourth-order valence-corrected chi connectivity index (χ4v) is 2.09. The van der Waals surface area contributed by atoms with E-state index in [1.54, 1.807) is 18.2 Å². The van der Waals surface area contributed by atoms with Crippen LogP contribution in [0.15, 0.2) is 42.5 Å². The molecular weight excluding hydrogens is 283 g/mol. The zero-order valence-corrected chi connectivity index (χ0v) is 11.9. The Labute approximate surface area is 122 Å². The predicted molar refractivity (Wildman–Crippen MR) is 78.1 cm³/mol. The van der Waals surface area contributed by atoms with Gasteiger partial charge in [-0.25, -0.2) is 0 Å². The van der Waals surface area contributed by atoms with Crippen molar-refractivity contribution >= 4 is 23.2 Å². The summed E-state index contributed by atoms with van der Waals surface area (Å²) in [5, 5.41) is 11.2. The van der Waals surface area contributed by atoms with Crippen LogP contribution in [0.4, 0.5) is 0 Å². The summed E-state index contributed by atoms with van der Waals surface area (Å²) in [6.45, 7) is 2.55. The zero-order valence-electron chi connectivity index (χ0n) is 10.4. The van der Waals surface area contributed by atoms with E-state index >= 15 is 0 Å². The van der Waals surface area contributed by atoms with Crippen molar-refractivity contribution < 1.29 is 9.84 Å². The van der Waals surface area contributed by atoms with E-state index in [-0.39, 0.29) is 0 Å². The maximum atomic E-state index is 10.3. The molecule has 1 N–H and O–H groups in total. The smallest absolute Gasteiger partial charge is 0.119 e. The quantitative estimate of drug-likeness (QED) is 0.902. The maximum absolute atomic E-state index is 10.3. The first-order chi connectivity index (χ1) is 9.11. The largest absolute Gasteiger partial charge is 0.494 e. The molecule has 100 valence electrons. The third-order valence-electron chi connectivity index (χ3n) is 2.77. The van der Waals surface area contributed by atoms with Gasteiger partial charge in [0, 0.05) is 0 Å². The number of ether oxygens (including phenoxy) is 1. The van der Waals surface area contributed by atoms with Crippen molar-refractivity contribution in [3.05, 3.63) is 63.6 Å². The molecule has 0 bridgehead atoms. The van der Waals surface area contributed by atoms with Crippen molar-refractivity contribution in [2.45, 2.75) is 13.0 Å². The van der Waals surface area contributed by atoms with Crippen LogP contribution < -0.4 is 4.74 Å². The normalized spacial score (nSPS) is 12.2. The molecule has 0 amide bonds. The summed E-state index contributed by atoms with van der Waals surface area (Å²) in [4.78, 5) is 0. The summed E-state index contributed by atoms with van der Waals surface area (Å²) in [6.07, 6.45) is -0.731. The molecule has 0 aromatic heterocycles. The van der Waals surface area contributed by atoms with E-state index in [1.807, 2.05) is 31.2 Å². The second kappa shape index (κ2) is 6.29. The molecule has 2 rings (SSSR count). The third kappa shape index (κ3) is 3.41. The van der Waals surface area contributed by atoms with Gasteiger partial charge in [-0.05, 0) is 42.3 Å². The molecule has 0 heterocycles. The number of hydrogen-bond donors (Lipinski definition) is 1. The standard InChI is InChI=1S/C15H14Cl2O2/c1-2-19-12-6-3-10(4-7-12)15(18)11-5-8-13(16)14(17)9-11/h3-9,15,18H,2H2,1H3/t15-/m0/s1. The van der Waals surface area contributed by atoms with Crippen LogP contribution in [0.1, 0.15) is 24.2 Å². The first-order valence-corrected chi connectivity index (χ1v) is 6.73. The average molecular weight is 297 g/mol. The summed E-state index contributed by atoms with van der Waals surface area (Å²) in [7, 11) is 0. The lowest BCUT2D eigenvalue weighted by atomic mass is 10.0. The van der Waals surface area contributed by atoms with Gasteiger partial charge >= 0.3 is 0 Å². The van der Waals surface area contributed by atoms with Crippen molar-refractivity contribution in [3.8, 4) is 5.75 Å². The molecule has 0 aliphatic rings. The molecule has 1 atom stereocenters. The molecule has 0 radical (unpaired) electrons. The second-order valence-electron chi connectivity index (χ2n) is 4.08. The predicted octanol–water partition coefficient (Wildman–Crippen LogP) is 4.47. The summed E-state index contributed by atoms with van der Waals surface area (Å²) in [5.41, 5.74) is 1.49. The van der Waals surface area contributed by atoms with Crippen LogP contribution in [0, 0.1) is 0 Å². The van der Waals surface area contributed by atoms with E-state index in [0.29, 0.717) is 22.2 Å². The van der Waals surface area contributed by atoms with Crippen LogP contribution in [0.2, 0.25) is 10.0 Å². The Balaban J connectivity index is 2.22. The summed E-state index contributed by atoms with van der Waals surface area (Å²) in [5.74, 6) is 0.785. The highest BCUT2D eigenvalue weighted by Crippen LogP contribution is 2.29. The number of halogens is 2. The van der Waals surface area contributed by atoms with Gasteiger partial charge < -0.3 is 9.84 Å². The van der Waals surface area contributed by atoms with Crippen LogP contribution in [0.5, 0.6) is 5.75 Å². The summed E-state index contributed by atoms with van der Waals surface area (Å²) in [6, 6.07) is 12.4. The van der Waals surface area contributed by atoms with Crippen LogP contribution >= 0.6 is 23.2 Å². The molecule has 2 aromatic rings. The van der Waals surface area contributed by atoms with E-state index < -0.39 is 6.10 Å². The topological polar surface area (TPSA) is 29.5 Å². The highest BCUT2D eigenvalue weighted by atomic mass is 35.5. The molecule has 0 aliphatic carbocycles. The molecule has 19 heavy (non-hydrogen) atoms. The minimum absolute atomic E-state index is 0.434. The van der Waals surface area contributed by atoms with E-state index in [9.17, 15) is 5.11 Å². The Bertz CT molecular complexity index is 553. The summed E-state index contributed by atoms with van der Waals surface area (Å²) >= 11 is 11.8. The van der Waals surface area contributed by atoms with E-state index in [1.165, 1.54) is 0 Å². The third-order valence-corrected chi connectivity index (χ3v) is 3.51. The first kappa shape index (κ1) is 14.2. The van der Waals surface area contributed by atoms with Crippen molar-refractivity contribution in [1.29, 1.82) is 0 Å². The number of aliphatic hydroxyl groups is 1. The SMILES string of the molecule is CCOc1ccc([C@H](O)c2ccc(Cl)c(Cl)c2)cc1. The number of aliphatic hydroxyl groups excluding tert-OH is 1. The fraction of sp³-hybridized carbons (Fsp3) is 0.200. The molecule has 2 nitrogen and oxygen atoms in total. The van der Waals surface area contributed by atoms with Crippen molar-refractivity contribution in [2.24, 2.45) is 0 Å². The lowest BCUT2D eigenvalue weighted by Gasteiger charge is -2.13. The van der Waals surface area contributed by atoms with Gasteiger partial charge in [0.05, 0.1) is 16.7 Å². The van der Waals surface area contributed by atoms with Gasteiger partial charge in [-0.3, -0.25) is 0 Å². The maximum Gasteiger partial charge on any atom is 0.119 e. The van der Waals surface area contributed by atoms with Crippen LogP contribution in [0.3, 0.4) is 0 Å². The first-order valence-electron chi connectivity index (χ1n) is 5.97. The molecule has 0 fully saturated rings. The molecular formula is C15H14Cl2O2. The second-order valence-corrected chi connectivity index (χ2v) is 4.89. The molecule has 0 unspecified atom stereocenters. The molecule has 2 aromatic carbocycles. The van der Waals surface area contributed by atoms with Gasteiger partial charge in [0.15, 0.2) is 0 Å². The minimum atomic E-state index is -0.731. The zero-order chi connectivity index (χ0) is 13.8. The number of benzene rings is 2. The van der Waals surface area contributed by atoms with Crippen LogP contribution in [-0.4, -0.2) is 11.7 Å². The van der Waals surface area contributed by atoms with Crippen molar-refractivity contribution in [3.63, 3.8) is 0 Å². The van der Waals surface area contributed by atoms with Gasteiger partial charge in [0.2, 0.25) is 0 Å². The molecule has 4 heteroatoms. The van der Waals surface area contributed by atoms with Gasteiger partial charge in [-0.1, -0.05) is 41.4 Å². The monoisotopic (exact) mass is 296 g/mol. The van der Waals surface area contributed by atoms with Gasteiger partial charge in [0.1, 0.15) is 11.9 Å². The molecule has 0 aliphatic heterocycles. The highest BCUT2D eigenvalue weighted by molar-refractivity contribution is 6.42. The van der Waals surface area contributed by atoms with Gasteiger partial charge in [-0.15, -0.1) is 0 Å². The molecule has 0 saturated carbocycles. The van der Waals surface area contributed by atoms with Crippen LogP contribution in [-0.2, 0) is 0 Å². The van der Waals surface area contributed by atoms with Crippen molar-refractivity contribution in [2.75, 3.05) is 6.61 Å². The average Bonchev–Trinajstić information content (AvgIpc) is 2.42.